The van der Waals surface area contributed by atoms with E-state index in [1.807, 2.05) is 19.1 Å². The first-order valence-corrected chi connectivity index (χ1v) is 11.0. The standard InChI is InChI=1S/C18H23N3OS3/c1-4-5-6-14-7-9-15(10-8-14)19-16(22)12-24-18-21-20-17(25-18)23-11-13(2)3/h7-10H,2,4-6,11-12H2,1,3H3,(H,19,22). The lowest BCUT2D eigenvalue weighted by atomic mass is 10.1. The molecule has 1 aromatic carbocycles. The molecular formula is C18H23N3OS3. The smallest absolute Gasteiger partial charge is 0.234 e. The van der Waals surface area contributed by atoms with E-state index in [1.54, 1.807) is 11.8 Å². The number of aromatic nitrogens is 2. The predicted octanol–water partition coefficient (Wildman–Crippen LogP) is 5.28. The molecule has 134 valence electrons. The summed E-state index contributed by atoms with van der Waals surface area (Å²) in [6.45, 7) is 8.05. The average Bonchev–Trinajstić information content (AvgIpc) is 3.05. The molecule has 1 N–H and O–H groups in total. The summed E-state index contributed by atoms with van der Waals surface area (Å²) in [5.41, 5.74) is 3.25. The highest BCUT2D eigenvalue weighted by Crippen LogP contribution is 2.29. The molecule has 25 heavy (non-hydrogen) atoms. The topological polar surface area (TPSA) is 54.9 Å². The number of amides is 1. The van der Waals surface area contributed by atoms with Crippen molar-refractivity contribution in [2.24, 2.45) is 0 Å². The molecule has 0 unspecified atom stereocenters. The van der Waals surface area contributed by atoms with Crippen LogP contribution in [-0.4, -0.2) is 27.6 Å². The third-order valence-electron chi connectivity index (χ3n) is 3.21. The molecule has 1 aromatic heterocycles. The second-order valence-electron chi connectivity index (χ2n) is 5.72. The van der Waals surface area contributed by atoms with E-state index < -0.39 is 0 Å². The molecule has 0 aliphatic heterocycles. The number of carbonyl (C=O) groups is 1. The quantitative estimate of drug-likeness (QED) is 0.440. The molecule has 0 aliphatic rings. The Labute approximate surface area is 161 Å². The highest BCUT2D eigenvalue weighted by molar-refractivity contribution is 8.03. The number of carbonyl (C=O) groups excluding carboxylic acids is 1. The lowest BCUT2D eigenvalue weighted by Crippen LogP contribution is -2.13. The Morgan fingerprint density at radius 1 is 1.16 bits per heavy atom. The Morgan fingerprint density at radius 3 is 2.40 bits per heavy atom. The van der Waals surface area contributed by atoms with Crippen LogP contribution < -0.4 is 5.32 Å². The number of hydrogen-bond acceptors (Lipinski definition) is 6. The average molecular weight is 394 g/mol. The summed E-state index contributed by atoms with van der Waals surface area (Å²) in [6.07, 6.45) is 3.47. The van der Waals surface area contributed by atoms with E-state index in [9.17, 15) is 4.79 Å². The van der Waals surface area contributed by atoms with Gasteiger partial charge in [-0.15, -0.1) is 10.2 Å². The van der Waals surface area contributed by atoms with Gasteiger partial charge in [0.25, 0.3) is 0 Å². The molecule has 2 aromatic rings. The van der Waals surface area contributed by atoms with E-state index in [4.69, 9.17) is 0 Å². The minimum absolute atomic E-state index is 0.0300. The zero-order chi connectivity index (χ0) is 18.1. The molecule has 1 heterocycles. The van der Waals surface area contributed by atoms with Gasteiger partial charge in [-0.3, -0.25) is 4.79 Å². The van der Waals surface area contributed by atoms with Crippen LogP contribution in [0.1, 0.15) is 32.3 Å². The Kier molecular flexibility index (Phi) is 8.51. The Balaban J connectivity index is 1.75. The molecule has 0 saturated carbocycles. The summed E-state index contributed by atoms with van der Waals surface area (Å²) < 4.78 is 1.72. The Bertz CT molecular complexity index is 698. The largest absolute Gasteiger partial charge is 0.325 e. The van der Waals surface area contributed by atoms with Crippen LogP contribution in [0.3, 0.4) is 0 Å². The first-order chi connectivity index (χ1) is 12.1. The van der Waals surface area contributed by atoms with E-state index in [0.717, 1.165) is 32.1 Å². The molecule has 0 aliphatic carbocycles. The SMILES string of the molecule is C=C(C)CSc1nnc(SCC(=O)Nc2ccc(CCCC)cc2)s1. The molecule has 0 spiro atoms. The van der Waals surface area contributed by atoms with Crippen LogP contribution in [0.2, 0.25) is 0 Å². The van der Waals surface area contributed by atoms with Crippen molar-refractivity contribution in [1.29, 1.82) is 0 Å². The van der Waals surface area contributed by atoms with Gasteiger partial charge >= 0.3 is 0 Å². The summed E-state index contributed by atoms with van der Waals surface area (Å²) in [6, 6.07) is 8.08. The van der Waals surface area contributed by atoms with Gasteiger partial charge in [-0.2, -0.15) is 0 Å². The summed E-state index contributed by atoms with van der Waals surface area (Å²) in [7, 11) is 0. The van der Waals surface area contributed by atoms with Gasteiger partial charge in [-0.05, 0) is 37.5 Å². The number of thioether (sulfide) groups is 2. The van der Waals surface area contributed by atoms with Gasteiger partial charge < -0.3 is 5.32 Å². The van der Waals surface area contributed by atoms with E-state index in [2.05, 4.69) is 41.1 Å². The number of nitrogens with zero attached hydrogens (tertiary/aromatic N) is 2. The van der Waals surface area contributed by atoms with Gasteiger partial charge in [0, 0.05) is 11.4 Å². The fraction of sp³-hybridized carbons (Fsp3) is 0.389. The second-order valence-corrected chi connectivity index (χ2v) is 9.14. The van der Waals surface area contributed by atoms with Gasteiger partial charge in [-0.25, -0.2) is 0 Å². The van der Waals surface area contributed by atoms with Crippen molar-refractivity contribution in [3.05, 3.63) is 42.0 Å². The zero-order valence-corrected chi connectivity index (χ0v) is 17.0. The normalized spacial score (nSPS) is 10.6. The molecule has 0 saturated heterocycles. The van der Waals surface area contributed by atoms with Gasteiger partial charge in [0.05, 0.1) is 5.75 Å². The highest BCUT2D eigenvalue weighted by Gasteiger charge is 2.09. The Hall–Kier alpha value is -1.31. The summed E-state index contributed by atoms with van der Waals surface area (Å²) in [5.74, 6) is 1.14. The minimum Gasteiger partial charge on any atom is -0.325 e. The molecule has 0 fully saturated rings. The maximum absolute atomic E-state index is 12.1. The molecule has 0 radical (unpaired) electrons. The van der Waals surface area contributed by atoms with Crippen molar-refractivity contribution >= 4 is 46.5 Å². The van der Waals surface area contributed by atoms with E-state index >= 15 is 0 Å². The van der Waals surface area contributed by atoms with Crippen molar-refractivity contribution in [2.45, 2.75) is 41.8 Å². The molecule has 2 rings (SSSR count). The lowest BCUT2D eigenvalue weighted by molar-refractivity contribution is -0.113. The molecule has 0 atom stereocenters. The van der Waals surface area contributed by atoms with Crippen LogP contribution in [0.15, 0.2) is 45.1 Å². The van der Waals surface area contributed by atoms with Gasteiger partial charge in [0.1, 0.15) is 0 Å². The number of aryl methyl sites for hydroxylation is 1. The first kappa shape index (κ1) is 20.0. The van der Waals surface area contributed by atoms with Crippen molar-refractivity contribution in [3.8, 4) is 0 Å². The predicted molar refractivity (Wildman–Crippen MR) is 110 cm³/mol. The Morgan fingerprint density at radius 2 is 1.80 bits per heavy atom. The molecule has 0 bridgehead atoms. The number of rotatable bonds is 10. The van der Waals surface area contributed by atoms with E-state index in [0.29, 0.717) is 5.75 Å². The number of nitrogens with one attached hydrogen (secondary N) is 1. The second kappa shape index (κ2) is 10.6. The maximum Gasteiger partial charge on any atom is 0.234 e. The molecule has 7 heteroatoms. The highest BCUT2D eigenvalue weighted by atomic mass is 32.2. The number of hydrogen-bond donors (Lipinski definition) is 1. The minimum atomic E-state index is -0.0300. The third kappa shape index (κ3) is 7.63. The van der Waals surface area contributed by atoms with Crippen LogP contribution in [0.5, 0.6) is 0 Å². The van der Waals surface area contributed by atoms with Crippen molar-refractivity contribution in [3.63, 3.8) is 0 Å². The van der Waals surface area contributed by atoms with E-state index in [-0.39, 0.29) is 5.91 Å². The van der Waals surface area contributed by atoms with Gasteiger partial charge in [0.15, 0.2) is 8.68 Å². The number of unbranched alkanes of at least 4 members (excludes halogenated alkanes) is 1. The van der Waals surface area contributed by atoms with E-state index in [1.165, 1.54) is 41.5 Å². The number of anilines is 1. The molecular weight excluding hydrogens is 370 g/mol. The van der Waals surface area contributed by atoms with Gasteiger partial charge in [0.2, 0.25) is 5.91 Å². The lowest BCUT2D eigenvalue weighted by Gasteiger charge is -2.05. The monoisotopic (exact) mass is 393 g/mol. The van der Waals surface area contributed by atoms with Crippen LogP contribution in [-0.2, 0) is 11.2 Å². The molecule has 4 nitrogen and oxygen atoms in total. The van der Waals surface area contributed by atoms with Crippen molar-refractivity contribution < 1.29 is 4.79 Å². The van der Waals surface area contributed by atoms with Crippen LogP contribution in [0, 0.1) is 0 Å². The third-order valence-corrected chi connectivity index (χ3v) is 6.63. The van der Waals surface area contributed by atoms with Crippen molar-refractivity contribution in [2.75, 3.05) is 16.8 Å². The van der Waals surface area contributed by atoms with Crippen molar-refractivity contribution in [1.82, 2.24) is 10.2 Å². The summed E-state index contributed by atoms with van der Waals surface area (Å²) >= 11 is 4.55. The maximum atomic E-state index is 12.1. The fourth-order valence-corrected chi connectivity index (χ4v) is 4.62. The van der Waals surface area contributed by atoms with Crippen LogP contribution in [0.4, 0.5) is 5.69 Å². The summed E-state index contributed by atoms with van der Waals surface area (Å²) in [5, 5.41) is 11.2. The molecule has 1 amide bonds. The zero-order valence-electron chi connectivity index (χ0n) is 14.6. The summed E-state index contributed by atoms with van der Waals surface area (Å²) in [4.78, 5) is 12.1. The van der Waals surface area contributed by atoms with Crippen LogP contribution in [0.25, 0.3) is 0 Å². The number of benzene rings is 1. The van der Waals surface area contributed by atoms with Crippen LogP contribution >= 0.6 is 34.9 Å². The fourth-order valence-electron chi connectivity index (χ4n) is 1.96. The van der Waals surface area contributed by atoms with Gasteiger partial charge in [-0.1, -0.05) is 72.5 Å². The first-order valence-electron chi connectivity index (χ1n) is 8.19.